The SMILES string of the molecule is c1ccc(CN2Cc3ccccc3OC3(CCOCC3)C2)nc1. The first-order valence-electron chi connectivity index (χ1n) is 8.30. The van der Waals surface area contributed by atoms with E-state index in [4.69, 9.17) is 9.47 Å². The molecule has 0 N–H and O–H groups in total. The van der Waals surface area contributed by atoms with Gasteiger partial charge in [0.15, 0.2) is 0 Å². The molecule has 0 aliphatic carbocycles. The smallest absolute Gasteiger partial charge is 0.126 e. The Morgan fingerprint density at radius 1 is 1.04 bits per heavy atom. The Kier molecular flexibility index (Phi) is 4.02. The van der Waals surface area contributed by atoms with Gasteiger partial charge in [0, 0.05) is 44.2 Å². The van der Waals surface area contributed by atoms with Crippen molar-refractivity contribution in [3.05, 3.63) is 59.9 Å². The summed E-state index contributed by atoms with van der Waals surface area (Å²) in [4.78, 5) is 6.94. The molecule has 0 saturated carbocycles. The Hall–Kier alpha value is -1.91. The van der Waals surface area contributed by atoms with Gasteiger partial charge >= 0.3 is 0 Å². The van der Waals surface area contributed by atoms with E-state index >= 15 is 0 Å². The van der Waals surface area contributed by atoms with E-state index in [9.17, 15) is 0 Å². The second kappa shape index (κ2) is 6.30. The fraction of sp³-hybridized carbons (Fsp3) is 0.421. The molecule has 0 unspecified atom stereocenters. The molecule has 3 heterocycles. The molecule has 1 saturated heterocycles. The molecule has 4 heteroatoms. The zero-order chi connectivity index (χ0) is 15.5. The highest BCUT2D eigenvalue weighted by Gasteiger charge is 2.39. The molecule has 2 aromatic rings. The molecule has 1 fully saturated rings. The van der Waals surface area contributed by atoms with Crippen LogP contribution < -0.4 is 4.74 Å². The van der Waals surface area contributed by atoms with Gasteiger partial charge in [0.05, 0.1) is 18.9 Å². The minimum Gasteiger partial charge on any atom is -0.485 e. The van der Waals surface area contributed by atoms with Gasteiger partial charge in [-0.3, -0.25) is 9.88 Å². The lowest BCUT2D eigenvalue weighted by molar-refractivity contribution is -0.0595. The van der Waals surface area contributed by atoms with Crippen LogP contribution in [0.5, 0.6) is 5.75 Å². The van der Waals surface area contributed by atoms with Gasteiger partial charge in [-0.15, -0.1) is 0 Å². The maximum Gasteiger partial charge on any atom is 0.126 e. The average Bonchev–Trinajstić information content (AvgIpc) is 2.72. The third-order valence-electron chi connectivity index (χ3n) is 4.72. The molecular formula is C19H22N2O2. The third-order valence-corrected chi connectivity index (χ3v) is 4.72. The maximum absolute atomic E-state index is 6.51. The van der Waals surface area contributed by atoms with Crippen molar-refractivity contribution in [3.8, 4) is 5.75 Å². The van der Waals surface area contributed by atoms with Gasteiger partial charge in [0.25, 0.3) is 0 Å². The van der Waals surface area contributed by atoms with Crippen LogP contribution in [0.2, 0.25) is 0 Å². The second-order valence-electron chi connectivity index (χ2n) is 6.47. The lowest BCUT2D eigenvalue weighted by Crippen LogP contribution is -2.49. The van der Waals surface area contributed by atoms with Crippen LogP contribution in [-0.4, -0.2) is 35.2 Å². The van der Waals surface area contributed by atoms with Gasteiger partial charge in [0.1, 0.15) is 11.4 Å². The number of pyridine rings is 1. The Bertz CT molecular complexity index is 653. The highest BCUT2D eigenvalue weighted by Crippen LogP contribution is 2.35. The van der Waals surface area contributed by atoms with E-state index in [1.807, 2.05) is 12.3 Å². The molecule has 1 aromatic carbocycles. The van der Waals surface area contributed by atoms with Crippen molar-refractivity contribution in [2.45, 2.75) is 31.5 Å². The van der Waals surface area contributed by atoms with Crippen molar-refractivity contribution in [1.82, 2.24) is 9.88 Å². The summed E-state index contributed by atoms with van der Waals surface area (Å²) < 4.78 is 12.1. The molecule has 120 valence electrons. The highest BCUT2D eigenvalue weighted by atomic mass is 16.5. The number of ether oxygens (including phenoxy) is 2. The van der Waals surface area contributed by atoms with Crippen molar-refractivity contribution in [1.29, 1.82) is 0 Å². The van der Waals surface area contributed by atoms with E-state index in [0.717, 1.165) is 57.1 Å². The first kappa shape index (κ1) is 14.7. The van der Waals surface area contributed by atoms with Crippen LogP contribution in [0, 0.1) is 0 Å². The Morgan fingerprint density at radius 3 is 2.70 bits per heavy atom. The van der Waals surface area contributed by atoms with Crippen molar-refractivity contribution >= 4 is 0 Å². The summed E-state index contributed by atoms with van der Waals surface area (Å²) in [5.41, 5.74) is 2.22. The Labute approximate surface area is 137 Å². The molecule has 4 rings (SSSR count). The van der Waals surface area contributed by atoms with Crippen LogP contribution in [0.4, 0.5) is 0 Å². The molecule has 2 aliphatic heterocycles. The molecule has 1 spiro atoms. The number of hydrogen-bond donors (Lipinski definition) is 0. The molecule has 0 atom stereocenters. The zero-order valence-corrected chi connectivity index (χ0v) is 13.3. The molecule has 1 aromatic heterocycles. The lowest BCUT2D eigenvalue weighted by Gasteiger charge is -2.39. The Morgan fingerprint density at radius 2 is 1.87 bits per heavy atom. The van der Waals surface area contributed by atoms with Crippen molar-refractivity contribution in [2.75, 3.05) is 19.8 Å². The predicted molar refractivity (Wildman–Crippen MR) is 88.2 cm³/mol. The largest absolute Gasteiger partial charge is 0.485 e. The molecule has 0 bridgehead atoms. The van der Waals surface area contributed by atoms with Crippen LogP contribution in [0.1, 0.15) is 24.1 Å². The summed E-state index contributed by atoms with van der Waals surface area (Å²) in [7, 11) is 0. The number of para-hydroxylation sites is 1. The van der Waals surface area contributed by atoms with Crippen molar-refractivity contribution in [2.24, 2.45) is 0 Å². The van der Waals surface area contributed by atoms with E-state index in [1.165, 1.54) is 5.56 Å². The van der Waals surface area contributed by atoms with Gasteiger partial charge < -0.3 is 9.47 Å². The number of benzene rings is 1. The van der Waals surface area contributed by atoms with Gasteiger partial charge in [-0.25, -0.2) is 0 Å². The monoisotopic (exact) mass is 310 g/mol. The standard InChI is InChI=1S/C19H22N2O2/c1-2-7-18-16(5-1)13-21(14-17-6-3-4-10-20-17)15-19(23-18)8-11-22-12-9-19/h1-7,10H,8-9,11-15H2. The van der Waals surface area contributed by atoms with Crippen LogP contribution in [0.25, 0.3) is 0 Å². The van der Waals surface area contributed by atoms with Gasteiger partial charge in [0.2, 0.25) is 0 Å². The van der Waals surface area contributed by atoms with Crippen molar-refractivity contribution < 1.29 is 9.47 Å². The summed E-state index contributed by atoms with van der Waals surface area (Å²) in [6.45, 7) is 4.22. The summed E-state index contributed by atoms with van der Waals surface area (Å²) in [6, 6.07) is 14.5. The lowest BCUT2D eigenvalue weighted by atomic mass is 9.93. The van der Waals surface area contributed by atoms with E-state index in [1.54, 1.807) is 0 Å². The van der Waals surface area contributed by atoms with Gasteiger partial charge in [-0.05, 0) is 18.2 Å². The van der Waals surface area contributed by atoms with E-state index < -0.39 is 0 Å². The zero-order valence-electron chi connectivity index (χ0n) is 13.3. The van der Waals surface area contributed by atoms with Crippen LogP contribution in [-0.2, 0) is 17.8 Å². The molecule has 4 nitrogen and oxygen atoms in total. The molecule has 0 radical (unpaired) electrons. The number of hydrogen-bond acceptors (Lipinski definition) is 4. The normalized spacial score (nSPS) is 20.5. The topological polar surface area (TPSA) is 34.6 Å². The number of rotatable bonds is 2. The molecule has 0 amide bonds. The summed E-state index contributed by atoms with van der Waals surface area (Å²) in [5, 5.41) is 0. The fourth-order valence-electron chi connectivity index (χ4n) is 3.54. The first-order valence-corrected chi connectivity index (χ1v) is 8.30. The molecular weight excluding hydrogens is 288 g/mol. The van der Waals surface area contributed by atoms with E-state index in [0.29, 0.717) is 0 Å². The second-order valence-corrected chi connectivity index (χ2v) is 6.47. The first-order chi connectivity index (χ1) is 11.3. The molecule has 23 heavy (non-hydrogen) atoms. The summed E-state index contributed by atoms with van der Waals surface area (Å²) in [6.07, 6.45) is 3.75. The Balaban J connectivity index is 1.63. The third kappa shape index (κ3) is 3.23. The summed E-state index contributed by atoms with van der Waals surface area (Å²) in [5.74, 6) is 1.03. The quantitative estimate of drug-likeness (QED) is 0.854. The minimum absolute atomic E-state index is 0.139. The predicted octanol–water partition coefficient (Wildman–Crippen LogP) is 3.03. The van der Waals surface area contributed by atoms with Crippen LogP contribution in [0.15, 0.2) is 48.7 Å². The van der Waals surface area contributed by atoms with Crippen LogP contribution in [0.3, 0.4) is 0 Å². The fourth-order valence-corrected chi connectivity index (χ4v) is 3.54. The van der Waals surface area contributed by atoms with Crippen LogP contribution >= 0.6 is 0 Å². The minimum atomic E-state index is -0.139. The number of aromatic nitrogens is 1. The van der Waals surface area contributed by atoms with E-state index in [-0.39, 0.29) is 5.60 Å². The average molecular weight is 310 g/mol. The molecule has 2 aliphatic rings. The van der Waals surface area contributed by atoms with Gasteiger partial charge in [-0.1, -0.05) is 24.3 Å². The summed E-state index contributed by atoms with van der Waals surface area (Å²) >= 11 is 0. The maximum atomic E-state index is 6.51. The van der Waals surface area contributed by atoms with Gasteiger partial charge in [-0.2, -0.15) is 0 Å². The highest BCUT2D eigenvalue weighted by molar-refractivity contribution is 5.35. The van der Waals surface area contributed by atoms with Crippen molar-refractivity contribution in [3.63, 3.8) is 0 Å². The van der Waals surface area contributed by atoms with E-state index in [2.05, 4.69) is 46.3 Å². The number of fused-ring (bicyclic) bond motifs is 1. The number of nitrogens with zero attached hydrogens (tertiary/aromatic N) is 2.